The van der Waals surface area contributed by atoms with Gasteiger partial charge in [-0.2, -0.15) is 9.40 Å². The highest BCUT2D eigenvalue weighted by Gasteiger charge is 2.39. The highest BCUT2D eigenvalue weighted by molar-refractivity contribution is 7.91. The Morgan fingerprint density at radius 2 is 2.11 bits per heavy atom. The number of amides is 1. The van der Waals surface area contributed by atoms with E-state index in [1.165, 1.54) is 4.31 Å². The molecule has 1 aromatic carbocycles. The Balaban J connectivity index is 1.54. The maximum atomic E-state index is 12.8. The molecule has 0 radical (unpaired) electrons. The second-order valence-corrected chi connectivity index (χ2v) is 9.26. The van der Waals surface area contributed by atoms with E-state index < -0.39 is 16.1 Å². The summed E-state index contributed by atoms with van der Waals surface area (Å²) in [5, 5.41) is 8.75. The van der Waals surface area contributed by atoms with Crippen LogP contribution in [0.5, 0.6) is 0 Å². The van der Waals surface area contributed by atoms with E-state index in [4.69, 9.17) is 0 Å². The first-order valence-corrected chi connectivity index (χ1v) is 10.8. The van der Waals surface area contributed by atoms with Gasteiger partial charge < -0.3 is 5.32 Å². The maximum Gasteiger partial charge on any atom is 0.253 e. The topological polar surface area (TPSA) is 84.3 Å². The van der Waals surface area contributed by atoms with Crippen LogP contribution in [0, 0.1) is 0 Å². The third-order valence-electron chi connectivity index (χ3n) is 4.45. The minimum atomic E-state index is -3.65. The van der Waals surface area contributed by atoms with Gasteiger partial charge in [0.2, 0.25) is 5.91 Å². The third kappa shape index (κ3) is 3.53. The quantitative estimate of drug-likeness (QED) is 0.711. The van der Waals surface area contributed by atoms with E-state index in [1.807, 2.05) is 24.4 Å². The van der Waals surface area contributed by atoms with Crippen molar-refractivity contribution in [1.82, 2.24) is 14.1 Å². The highest BCUT2D eigenvalue weighted by atomic mass is 32.2. The van der Waals surface area contributed by atoms with Gasteiger partial charge >= 0.3 is 0 Å². The molecule has 2 aromatic heterocycles. The second-order valence-electron chi connectivity index (χ2n) is 6.20. The van der Waals surface area contributed by atoms with E-state index in [0.29, 0.717) is 25.1 Å². The largest absolute Gasteiger partial charge is 0.325 e. The first-order chi connectivity index (χ1) is 13.1. The standard InChI is InChI=1S/C18H18N4O3S2/c23-18(20-14-5-1-6-15(13-14)21-10-4-9-19-21)16-7-2-11-22(16)27(24,25)17-8-3-12-26-17/h1,3-6,8-10,12-13,16H,2,7,11H2,(H,20,23). The van der Waals surface area contributed by atoms with Gasteiger partial charge in [-0.3, -0.25) is 4.79 Å². The SMILES string of the molecule is O=C(Nc1cccc(-n2cccn2)c1)C1CCCN1S(=O)(=O)c1cccs1. The molecule has 1 aliphatic rings. The summed E-state index contributed by atoms with van der Waals surface area (Å²) in [4.78, 5) is 12.8. The predicted molar refractivity (Wildman–Crippen MR) is 103 cm³/mol. The summed E-state index contributed by atoms with van der Waals surface area (Å²) in [6.45, 7) is 0.353. The normalized spacial score (nSPS) is 17.9. The van der Waals surface area contributed by atoms with E-state index in [2.05, 4.69) is 10.4 Å². The molecule has 7 nitrogen and oxygen atoms in total. The summed E-state index contributed by atoms with van der Waals surface area (Å²) in [6, 6.07) is 11.7. The molecule has 3 aromatic rings. The van der Waals surface area contributed by atoms with Crippen molar-refractivity contribution in [2.24, 2.45) is 0 Å². The number of rotatable bonds is 5. The monoisotopic (exact) mass is 402 g/mol. The number of hydrogen-bond donors (Lipinski definition) is 1. The van der Waals surface area contributed by atoms with Crippen LogP contribution in [0.4, 0.5) is 5.69 Å². The van der Waals surface area contributed by atoms with E-state index >= 15 is 0 Å². The van der Waals surface area contributed by atoms with Gasteiger partial charge in [-0.25, -0.2) is 13.1 Å². The number of carbonyl (C=O) groups excluding carboxylic acids is 1. The Hall–Kier alpha value is -2.49. The van der Waals surface area contributed by atoms with Gasteiger partial charge in [0.15, 0.2) is 0 Å². The highest BCUT2D eigenvalue weighted by Crippen LogP contribution is 2.29. The lowest BCUT2D eigenvalue weighted by Crippen LogP contribution is -2.42. The number of sulfonamides is 1. The lowest BCUT2D eigenvalue weighted by molar-refractivity contribution is -0.119. The molecule has 140 valence electrons. The molecule has 4 rings (SSSR count). The van der Waals surface area contributed by atoms with Crippen LogP contribution < -0.4 is 5.32 Å². The number of hydrogen-bond acceptors (Lipinski definition) is 5. The molecule has 1 fully saturated rings. The molecule has 3 heterocycles. The van der Waals surface area contributed by atoms with Gasteiger partial charge in [0.1, 0.15) is 10.3 Å². The summed E-state index contributed by atoms with van der Waals surface area (Å²) in [5.74, 6) is -0.315. The van der Waals surface area contributed by atoms with Crippen LogP contribution >= 0.6 is 11.3 Å². The number of benzene rings is 1. The minimum Gasteiger partial charge on any atom is -0.325 e. The summed E-state index contributed by atoms with van der Waals surface area (Å²) in [5.41, 5.74) is 1.42. The Labute approximate surface area is 161 Å². The van der Waals surface area contributed by atoms with Crippen LogP contribution in [0.3, 0.4) is 0 Å². The number of anilines is 1. The van der Waals surface area contributed by atoms with Crippen molar-refractivity contribution in [2.75, 3.05) is 11.9 Å². The molecular weight excluding hydrogens is 384 g/mol. The molecule has 1 saturated heterocycles. The van der Waals surface area contributed by atoms with Crippen LogP contribution in [0.25, 0.3) is 5.69 Å². The maximum absolute atomic E-state index is 12.8. The zero-order valence-corrected chi connectivity index (χ0v) is 16.0. The number of carbonyl (C=O) groups is 1. The predicted octanol–water partition coefficient (Wildman–Crippen LogP) is 2.73. The van der Waals surface area contributed by atoms with Crippen LogP contribution in [0.15, 0.2) is 64.4 Å². The Morgan fingerprint density at radius 3 is 2.85 bits per heavy atom. The van der Waals surface area contributed by atoms with Crippen LogP contribution in [-0.2, 0) is 14.8 Å². The van der Waals surface area contributed by atoms with E-state index in [-0.39, 0.29) is 10.1 Å². The smallest absolute Gasteiger partial charge is 0.253 e. The number of thiophene rings is 1. The van der Waals surface area contributed by atoms with Crippen molar-refractivity contribution in [1.29, 1.82) is 0 Å². The van der Waals surface area contributed by atoms with E-state index in [1.54, 1.807) is 40.5 Å². The van der Waals surface area contributed by atoms with Crippen molar-refractivity contribution in [3.05, 3.63) is 60.2 Å². The van der Waals surface area contributed by atoms with Crippen molar-refractivity contribution in [2.45, 2.75) is 23.1 Å². The fourth-order valence-electron chi connectivity index (χ4n) is 3.19. The summed E-state index contributed by atoms with van der Waals surface area (Å²) < 4.78 is 28.9. The molecule has 1 aliphatic heterocycles. The lowest BCUT2D eigenvalue weighted by Gasteiger charge is -2.22. The fraction of sp³-hybridized carbons (Fsp3) is 0.222. The van der Waals surface area contributed by atoms with Gasteiger partial charge in [-0.05, 0) is 48.6 Å². The molecule has 0 bridgehead atoms. The molecule has 0 aliphatic carbocycles. The number of aromatic nitrogens is 2. The molecule has 1 N–H and O–H groups in total. The van der Waals surface area contributed by atoms with Crippen LogP contribution in [-0.4, -0.2) is 41.0 Å². The van der Waals surface area contributed by atoms with Gasteiger partial charge in [-0.1, -0.05) is 12.1 Å². The second kappa shape index (κ2) is 7.26. The molecule has 1 atom stereocenters. The van der Waals surface area contributed by atoms with Gasteiger partial charge in [0.05, 0.1) is 5.69 Å². The zero-order chi connectivity index (χ0) is 18.9. The van der Waals surface area contributed by atoms with Crippen molar-refractivity contribution >= 4 is 33.0 Å². The molecule has 0 spiro atoms. The first kappa shape index (κ1) is 17.9. The minimum absolute atomic E-state index is 0.267. The van der Waals surface area contributed by atoms with Crippen molar-refractivity contribution < 1.29 is 13.2 Å². The Morgan fingerprint density at radius 1 is 1.22 bits per heavy atom. The number of nitrogens with zero attached hydrogens (tertiary/aromatic N) is 3. The first-order valence-electron chi connectivity index (χ1n) is 8.52. The average Bonchev–Trinajstić information content (AvgIpc) is 3.44. The van der Waals surface area contributed by atoms with Gasteiger partial charge in [-0.15, -0.1) is 11.3 Å². The van der Waals surface area contributed by atoms with Gasteiger partial charge in [0.25, 0.3) is 10.0 Å². The molecule has 1 unspecified atom stereocenters. The molecule has 9 heteroatoms. The van der Waals surface area contributed by atoms with E-state index in [9.17, 15) is 13.2 Å². The molecule has 27 heavy (non-hydrogen) atoms. The summed E-state index contributed by atoms with van der Waals surface area (Å²) in [6.07, 6.45) is 4.66. The van der Waals surface area contributed by atoms with E-state index in [0.717, 1.165) is 17.0 Å². The summed E-state index contributed by atoms with van der Waals surface area (Å²) >= 11 is 1.16. The third-order valence-corrected chi connectivity index (χ3v) is 7.73. The van der Waals surface area contributed by atoms with Crippen molar-refractivity contribution in [3.8, 4) is 5.69 Å². The Kier molecular flexibility index (Phi) is 4.81. The number of nitrogens with one attached hydrogen (secondary N) is 1. The summed E-state index contributed by atoms with van der Waals surface area (Å²) in [7, 11) is -3.65. The Bertz CT molecular complexity index is 1030. The average molecular weight is 403 g/mol. The lowest BCUT2D eigenvalue weighted by atomic mass is 10.2. The molecular formula is C18H18N4O3S2. The van der Waals surface area contributed by atoms with Crippen LogP contribution in [0.2, 0.25) is 0 Å². The molecule has 1 amide bonds. The van der Waals surface area contributed by atoms with Gasteiger partial charge in [0, 0.05) is 24.6 Å². The fourth-order valence-corrected chi connectivity index (χ4v) is 5.96. The molecule has 0 saturated carbocycles. The van der Waals surface area contributed by atoms with Crippen LogP contribution in [0.1, 0.15) is 12.8 Å². The zero-order valence-electron chi connectivity index (χ0n) is 14.4. The van der Waals surface area contributed by atoms with Crippen molar-refractivity contribution in [3.63, 3.8) is 0 Å².